The molecule has 0 unspecified atom stereocenters. The van der Waals surface area contributed by atoms with Gasteiger partial charge in [0.1, 0.15) is 5.52 Å². The summed E-state index contributed by atoms with van der Waals surface area (Å²) < 4.78 is 1.77. The zero-order valence-electron chi connectivity index (χ0n) is 7.92. The predicted molar refractivity (Wildman–Crippen MR) is 51.2 cm³/mol. The first kappa shape index (κ1) is 8.04. The molecule has 0 bridgehead atoms. The van der Waals surface area contributed by atoms with Crippen LogP contribution in [0.3, 0.4) is 0 Å². The van der Waals surface area contributed by atoms with E-state index in [9.17, 15) is 0 Å². The van der Waals surface area contributed by atoms with E-state index >= 15 is 0 Å². The summed E-state index contributed by atoms with van der Waals surface area (Å²) in [4.78, 5) is 8.45. The van der Waals surface area contributed by atoms with E-state index in [-0.39, 0.29) is 0 Å². The highest BCUT2D eigenvalue weighted by Crippen LogP contribution is 2.21. The molecule has 2 heterocycles. The van der Waals surface area contributed by atoms with E-state index in [1.54, 1.807) is 4.57 Å². The molecule has 4 heteroatoms. The van der Waals surface area contributed by atoms with Gasteiger partial charge < -0.3 is 10.3 Å². The summed E-state index contributed by atoms with van der Waals surface area (Å²) in [6, 6.07) is 0. The van der Waals surface area contributed by atoms with E-state index in [2.05, 4.69) is 16.3 Å². The lowest BCUT2D eigenvalue weighted by Crippen LogP contribution is -1.99. The third-order valence-corrected chi connectivity index (χ3v) is 2.26. The summed E-state index contributed by atoms with van der Waals surface area (Å²) in [5.41, 5.74) is 10.1. The summed E-state index contributed by atoms with van der Waals surface area (Å²) in [5.74, 6) is 0. The van der Waals surface area contributed by atoms with Crippen molar-refractivity contribution >= 4 is 16.9 Å². The third-order valence-electron chi connectivity index (χ3n) is 2.26. The van der Waals surface area contributed by atoms with Crippen LogP contribution in [0.5, 0.6) is 0 Å². The molecule has 0 saturated carbocycles. The first-order valence-corrected chi connectivity index (χ1v) is 4.08. The minimum Gasteiger partial charge on any atom is -0.397 e. The van der Waals surface area contributed by atoms with E-state index in [0.717, 1.165) is 28.1 Å². The summed E-state index contributed by atoms with van der Waals surface area (Å²) in [6.45, 7) is 3.85. The zero-order valence-corrected chi connectivity index (χ0v) is 7.92. The van der Waals surface area contributed by atoms with Crippen LogP contribution in [0.15, 0.2) is 0 Å². The molecule has 2 aromatic heterocycles. The lowest BCUT2D eigenvalue weighted by Gasteiger charge is -2.04. The van der Waals surface area contributed by atoms with Gasteiger partial charge in [0, 0.05) is 12.6 Å². The highest BCUT2D eigenvalue weighted by Gasteiger charge is 2.09. The molecule has 0 atom stereocenters. The van der Waals surface area contributed by atoms with Crippen LogP contribution >= 0.6 is 0 Å². The molecular formula is C9H11N4. The highest BCUT2D eigenvalue weighted by atomic mass is 15.1. The molecule has 2 N–H and O–H groups in total. The maximum atomic E-state index is 5.83. The van der Waals surface area contributed by atoms with Gasteiger partial charge in [0.25, 0.3) is 0 Å². The van der Waals surface area contributed by atoms with Crippen LogP contribution in [0, 0.1) is 20.2 Å². The Morgan fingerprint density at radius 1 is 1.38 bits per heavy atom. The topological polar surface area (TPSA) is 56.7 Å². The summed E-state index contributed by atoms with van der Waals surface area (Å²) in [7, 11) is 1.87. The molecule has 0 aliphatic carbocycles. The Morgan fingerprint density at radius 2 is 2.08 bits per heavy atom. The quantitative estimate of drug-likeness (QED) is 0.649. The number of fused-ring (bicyclic) bond motifs is 1. The van der Waals surface area contributed by atoms with Crippen molar-refractivity contribution in [3.8, 4) is 0 Å². The summed E-state index contributed by atoms with van der Waals surface area (Å²) in [6.07, 6.45) is 2.82. The van der Waals surface area contributed by atoms with Crippen LogP contribution in [-0.4, -0.2) is 14.5 Å². The van der Waals surface area contributed by atoms with Crippen molar-refractivity contribution in [3.05, 3.63) is 17.6 Å². The number of anilines is 1. The molecule has 0 spiro atoms. The fraction of sp³-hybridized carbons (Fsp3) is 0.333. The summed E-state index contributed by atoms with van der Waals surface area (Å²) in [5, 5.41) is 0. The van der Waals surface area contributed by atoms with E-state index < -0.39 is 0 Å². The minimum absolute atomic E-state index is 0.722. The first-order chi connectivity index (χ1) is 6.11. The SMILES string of the molecule is Cc1nc2c(n[c]n2C)c(C)c1N. The normalized spacial score (nSPS) is 11.0. The number of rotatable bonds is 0. The average Bonchev–Trinajstić information content (AvgIpc) is 2.45. The number of hydrogen-bond donors (Lipinski definition) is 1. The monoisotopic (exact) mass is 175 g/mol. The van der Waals surface area contributed by atoms with Gasteiger partial charge in [-0.05, 0) is 13.8 Å². The number of aryl methyl sites for hydroxylation is 3. The molecule has 0 fully saturated rings. The lowest BCUT2D eigenvalue weighted by atomic mass is 10.2. The van der Waals surface area contributed by atoms with Gasteiger partial charge in [-0.2, -0.15) is 0 Å². The number of nitrogens with two attached hydrogens (primary N) is 1. The average molecular weight is 175 g/mol. The molecule has 0 aromatic carbocycles. The molecule has 1 radical (unpaired) electrons. The van der Waals surface area contributed by atoms with Crippen LogP contribution in [0.1, 0.15) is 11.3 Å². The number of hydrogen-bond acceptors (Lipinski definition) is 3. The Hall–Kier alpha value is -1.58. The third kappa shape index (κ3) is 0.983. The van der Waals surface area contributed by atoms with Crippen LogP contribution < -0.4 is 5.73 Å². The van der Waals surface area contributed by atoms with Gasteiger partial charge in [0.15, 0.2) is 12.0 Å². The number of nitrogen functional groups attached to an aromatic ring is 1. The molecular weight excluding hydrogens is 164 g/mol. The fourth-order valence-electron chi connectivity index (χ4n) is 1.38. The van der Waals surface area contributed by atoms with Gasteiger partial charge >= 0.3 is 0 Å². The van der Waals surface area contributed by atoms with Crippen LogP contribution in [0.2, 0.25) is 0 Å². The molecule has 13 heavy (non-hydrogen) atoms. The fourth-order valence-corrected chi connectivity index (χ4v) is 1.38. The largest absolute Gasteiger partial charge is 0.397 e. The van der Waals surface area contributed by atoms with Crippen molar-refractivity contribution < 1.29 is 0 Å². The van der Waals surface area contributed by atoms with Gasteiger partial charge in [-0.1, -0.05) is 0 Å². The smallest absolute Gasteiger partial charge is 0.178 e. The summed E-state index contributed by atoms with van der Waals surface area (Å²) >= 11 is 0. The van der Waals surface area contributed by atoms with Gasteiger partial charge in [-0.25, -0.2) is 9.97 Å². The van der Waals surface area contributed by atoms with E-state index in [1.807, 2.05) is 20.9 Å². The Morgan fingerprint density at radius 3 is 2.77 bits per heavy atom. The molecule has 2 aromatic rings. The van der Waals surface area contributed by atoms with E-state index in [0.29, 0.717) is 0 Å². The molecule has 0 saturated heterocycles. The van der Waals surface area contributed by atoms with Crippen molar-refractivity contribution in [3.63, 3.8) is 0 Å². The van der Waals surface area contributed by atoms with Crippen molar-refractivity contribution in [1.82, 2.24) is 14.5 Å². The predicted octanol–water partition coefficient (Wildman–Crippen LogP) is 0.968. The van der Waals surface area contributed by atoms with Gasteiger partial charge in [-0.15, -0.1) is 0 Å². The van der Waals surface area contributed by atoms with Crippen LogP contribution in [0.4, 0.5) is 5.69 Å². The van der Waals surface area contributed by atoms with Crippen molar-refractivity contribution in [1.29, 1.82) is 0 Å². The lowest BCUT2D eigenvalue weighted by molar-refractivity contribution is 0.916. The van der Waals surface area contributed by atoms with E-state index in [4.69, 9.17) is 5.73 Å². The van der Waals surface area contributed by atoms with Crippen LogP contribution in [-0.2, 0) is 7.05 Å². The minimum atomic E-state index is 0.722. The molecule has 4 nitrogen and oxygen atoms in total. The second-order valence-electron chi connectivity index (χ2n) is 3.18. The maximum absolute atomic E-state index is 5.83. The van der Waals surface area contributed by atoms with Crippen molar-refractivity contribution in [2.75, 3.05) is 5.73 Å². The van der Waals surface area contributed by atoms with Gasteiger partial charge in [0.2, 0.25) is 0 Å². The number of pyridine rings is 1. The Kier molecular flexibility index (Phi) is 1.52. The molecule has 0 aliphatic rings. The molecule has 0 amide bonds. The Labute approximate surface area is 76.4 Å². The number of imidazole rings is 1. The molecule has 0 aliphatic heterocycles. The second-order valence-corrected chi connectivity index (χ2v) is 3.18. The maximum Gasteiger partial charge on any atom is 0.178 e. The number of aromatic nitrogens is 3. The Bertz CT molecular complexity index is 470. The zero-order chi connectivity index (χ0) is 9.59. The molecule has 2 rings (SSSR count). The first-order valence-electron chi connectivity index (χ1n) is 4.08. The number of nitrogens with zero attached hydrogens (tertiary/aromatic N) is 3. The Balaban J connectivity index is 2.96. The highest BCUT2D eigenvalue weighted by molar-refractivity contribution is 5.80. The van der Waals surface area contributed by atoms with Gasteiger partial charge in [0.05, 0.1) is 11.4 Å². The van der Waals surface area contributed by atoms with Crippen molar-refractivity contribution in [2.45, 2.75) is 13.8 Å². The van der Waals surface area contributed by atoms with Crippen LogP contribution in [0.25, 0.3) is 11.2 Å². The molecule has 67 valence electrons. The van der Waals surface area contributed by atoms with Crippen molar-refractivity contribution in [2.24, 2.45) is 7.05 Å². The standard InChI is InChI=1S/C9H11N4/c1-5-7(10)6(2)12-9-8(5)11-4-13(9)3/h10H2,1-3H3. The second kappa shape index (κ2) is 2.45. The van der Waals surface area contributed by atoms with E-state index in [1.165, 1.54) is 0 Å². The van der Waals surface area contributed by atoms with Gasteiger partial charge in [-0.3, -0.25) is 0 Å².